The van der Waals surface area contributed by atoms with E-state index >= 15 is 0 Å². The van der Waals surface area contributed by atoms with E-state index < -0.39 is 10.5 Å². The fourth-order valence-electron chi connectivity index (χ4n) is 5.63. The quantitative estimate of drug-likeness (QED) is 0.371. The number of nitrogens with zero attached hydrogens (tertiary/aromatic N) is 5. The smallest absolute Gasteiger partial charge is 0.410 e. The monoisotopic (exact) mass is 560 g/mol. The van der Waals surface area contributed by atoms with Gasteiger partial charge < -0.3 is 24.6 Å². The van der Waals surface area contributed by atoms with Gasteiger partial charge in [0.1, 0.15) is 24.1 Å². The number of aromatic nitrogens is 1. The van der Waals surface area contributed by atoms with E-state index in [0.29, 0.717) is 57.2 Å². The molecule has 3 aliphatic rings. The largest absolute Gasteiger partial charge is 0.476 e. The molecule has 12 nitrogen and oxygen atoms in total. The van der Waals surface area contributed by atoms with Crippen LogP contribution >= 0.6 is 0 Å². The number of ether oxygens (including phenoxy) is 2. The first-order valence-electron chi connectivity index (χ1n) is 14.6. The molecule has 2 saturated heterocycles. The molecule has 0 bridgehead atoms. The zero-order valence-electron chi connectivity index (χ0n) is 24.1. The van der Waals surface area contributed by atoms with E-state index in [9.17, 15) is 19.7 Å². The van der Waals surface area contributed by atoms with Crippen molar-refractivity contribution >= 4 is 23.4 Å². The lowest BCUT2D eigenvalue weighted by Gasteiger charge is -2.38. The molecule has 2 aliphatic heterocycles. The van der Waals surface area contributed by atoms with E-state index in [1.807, 2.05) is 25.7 Å². The standard InChI is InChI=1S/C28H44N6O6/c1-28(2,3)40-27(36)33-15-13-32(14-16-33)26(35)21-7-9-22(10-8-21)30-23-19-25(29-20-24(23)34(37)38)39-18-17-31-11-5-4-6-12-31/h19-22H,4-18H2,1-3H3,(H,29,30). The van der Waals surface area contributed by atoms with Crippen LogP contribution in [0.5, 0.6) is 5.88 Å². The summed E-state index contributed by atoms with van der Waals surface area (Å²) in [5.74, 6) is 0.424. The minimum Gasteiger partial charge on any atom is -0.476 e. The van der Waals surface area contributed by atoms with Crippen molar-refractivity contribution in [2.24, 2.45) is 5.92 Å². The minimum atomic E-state index is -0.547. The molecule has 1 aliphatic carbocycles. The number of pyridine rings is 1. The molecule has 0 spiro atoms. The Labute approximate surface area is 236 Å². The van der Waals surface area contributed by atoms with Gasteiger partial charge in [0, 0.05) is 50.7 Å². The van der Waals surface area contributed by atoms with Crippen molar-refractivity contribution < 1.29 is 24.0 Å². The number of anilines is 1. The first-order chi connectivity index (χ1) is 19.1. The number of carbonyl (C=O) groups is 2. The molecule has 12 heteroatoms. The lowest BCUT2D eigenvalue weighted by Crippen LogP contribution is -2.53. The van der Waals surface area contributed by atoms with Gasteiger partial charge in [0.15, 0.2) is 0 Å². The van der Waals surface area contributed by atoms with E-state index in [1.165, 1.54) is 25.5 Å². The maximum absolute atomic E-state index is 13.2. The van der Waals surface area contributed by atoms with E-state index in [0.717, 1.165) is 32.5 Å². The number of amides is 2. The number of carbonyl (C=O) groups excluding carboxylic acids is 2. The summed E-state index contributed by atoms with van der Waals surface area (Å²) in [5, 5.41) is 15.0. The molecule has 40 heavy (non-hydrogen) atoms. The summed E-state index contributed by atoms with van der Waals surface area (Å²) >= 11 is 0. The Hall–Kier alpha value is -3.15. The van der Waals surface area contributed by atoms with Crippen molar-refractivity contribution in [3.63, 3.8) is 0 Å². The molecular weight excluding hydrogens is 516 g/mol. The molecule has 1 aromatic heterocycles. The predicted octanol–water partition coefficient (Wildman–Crippen LogP) is 3.90. The zero-order chi connectivity index (χ0) is 28.7. The SMILES string of the molecule is CC(C)(C)OC(=O)N1CCN(C(=O)C2CCC(Nc3cc(OCCN4CCCCC4)ncc3[N+](=O)[O-])CC2)CC1. The summed E-state index contributed by atoms with van der Waals surface area (Å²) in [6, 6.07) is 1.64. The molecule has 2 amide bonds. The maximum Gasteiger partial charge on any atom is 0.410 e. The maximum atomic E-state index is 13.2. The summed E-state index contributed by atoms with van der Waals surface area (Å²) in [7, 11) is 0. The van der Waals surface area contributed by atoms with Crippen LogP contribution in [0.3, 0.4) is 0 Å². The molecule has 0 atom stereocenters. The highest BCUT2D eigenvalue weighted by Gasteiger charge is 2.33. The van der Waals surface area contributed by atoms with Gasteiger partial charge in [0.05, 0.1) is 4.92 Å². The Morgan fingerprint density at radius 2 is 1.68 bits per heavy atom. The Morgan fingerprint density at radius 3 is 2.30 bits per heavy atom. The van der Waals surface area contributed by atoms with Crippen LogP contribution in [0, 0.1) is 16.0 Å². The van der Waals surface area contributed by atoms with Crippen molar-refractivity contribution in [2.75, 3.05) is 57.7 Å². The average Bonchev–Trinajstić information content (AvgIpc) is 2.93. The van der Waals surface area contributed by atoms with Crippen LogP contribution in [-0.4, -0.2) is 101 Å². The third kappa shape index (κ3) is 8.42. The summed E-state index contributed by atoms with van der Waals surface area (Å²) < 4.78 is 11.3. The number of hydrogen-bond donors (Lipinski definition) is 1. The Balaban J connectivity index is 1.24. The summed E-state index contributed by atoms with van der Waals surface area (Å²) in [6.07, 6.45) is 7.50. The number of piperazine rings is 1. The molecule has 0 aromatic carbocycles. The minimum absolute atomic E-state index is 0.0235. The second kappa shape index (κ2) is 13.5. The van der Waals surface area contributed by atoms with E-state index in [2.05, 4.69) is 15.2 Å². The molecule has 1 aromatic rings. The highest BCUT2D eigenvalue weighted by molar-refractivity contribution is 5.79. The number of rotatable bonds is 8. The zero-order valence-corrected chi connectivity index (χ0v) is 24.1. The number of hydrogen-bond acceptors (Lipinski definition) is 9. The van der Waals surface area contributed by atoms with Crippen LogP contribution in [0.25, 0.3) is 0 Å². The van der Waals surface area contributed by atoms with Gasteiger partial charge in [0.2, 0.25) is 11.8 Å². The molecule has 3 fully saturated rings. The summed E-state index contributed by atoms with van der Waals surface area (Å²) in [5.41, 5.74) is -0.222. The first kappa shape index (κ1) is 29.8. The van der Waals surface area contributed by atoms with E-state index in [-0.39, 0.29) is 29.6 Å². The van der Waals surface area contributed by atoms with Crippen molar-refractivity contribution in [1.29, 1.82) is 0 Å². The number of piperidine rings is 1. The fraction of sp³-hybridized carbons (Fsp3) is 0.750. The topological polar surface area (TPSA) is 130 Å². The second-order valence-electron chi connectivity index (χ2n) is 12.0. The molecular formula is C28H44N6O6. The Kier molecular flexibility index (Phi) is 10.0. The first-order valence-corrected chi connectivity index (χ1v) is 14.6. The highest BCUT2D eigenvalue weighted by Crippen LogP contribution is 2.33. The van der Waals surface area contributed by atoms with Gasteiger partial charge in [-0.25, -0.2) is 9.78 Å². The summed E-state index contributed by atoms with van der Waals surface area (Å²) in [4.78, 5) is 46.7. The van der Waals surface area contributed by atoms with Gasteiger partial charge in [-0.3, -0.25) is 19.8 Å². The van der Waals surface area contributed by atoms with Gasteiger partial charge >= 0.3 is 11.8 Å². The van der Waals surface area contributed by atoms with Crippen LogP contribution in [0.1, 0.15) is 65.7 Å². The number of nitrogens with one attached hydrogen (secondary N) is 1. The van der Waals surface area contributed by atoms with Crippen molar-refractivity contribution in [1.82, 2.24) is 19.7 Å². The molecule has 1 N–H and O–H groups in total. The normalized spacial score (nSPS) is 22.5. The van der Waals surface area contributed by atoms with Crippen LogP contribution in [-0.2, 0) is 9.53 Å². The van der Waals surface area contributed by atoms with Crippen LogP contribution < -0.4 is 10.1 Å². The Bertz CT molecular complexity index is 1020. The third-order valence-corrected chi connectivity index (χ3v) is 7.84. The van der Waals surface area contributed by atoms with Crippen molar-refractivity contribution in [2.45, 2.75) is 77.4 Å². The molecule has 0 unspecified atom stereocenters. The second-order valence-corrected chi connectivity index (χ2v) is 12.0. The lowest BCUT2D eigenvalue weighted by atomic mass is 9.85. The summed E-state index contributed by atoms with van der Waals surface area (Å²) in [6.45, 7) is 10.9. The predicted molar refractivity (Wildman–Crippen MR) is 150 cm³/mol. The molecule has 222 valence electrons. The molecule has 4 rings (SSSR count). The van der Waals surface area contributed by atoms with Crippen molar-refractivity contribution in [3.8, 4) is 5.88 Å². The van der Waals surface area contributed by atoms with E-state index in [4.69, 9.17) is 9.47 Å². The van der Waals surface area contributed by atoms with Gasteiger partial charge in [-0.1, -0.05) is 6.42 Å². The third-order valence-electron chi connectivity index (χ3n) is 7.84. The number of nitro groups is 1. The van der Waals surface area contributed by atoms with Crippen LogP contribution in [0.4, 0.5) is 16.2 Å². The van der Waals surface area contributed by atoms with Gasteiger partial charge in [0.25, 0.3) is 0 Å². The van der Waals surface area contributed by atoms with Gasteiger partial charge in [-0.15, -0.1) is 0 Å². The highest BCUT2D eigenvalue weighted by atomic mass is 16.6. The number of likely N-dealkylation sites (tertiary alicyclic amines) is 1. The van der Waals surface area contributed by atoms with Crippen LogP contribution in [0.2, 0.25) is 0 Å². The fourth-order valence-corrected chi connectivity index (χ4v) is 5.63. The van der Waals surface area contributed by atoms with Crippen molar-refractivity contribution in [3.05, 3.63) is 22.4 Å². The average molecular weight is 561 g/mol. The van der Waals surface area contributed by atoms with Crippen LogP contribution in [0.15, 0.2) is 12.3 Å². The lowest BCUT2D eigenvalue weighted by molar-refractivity contribution is -0.384. The van der Waals surface area contributed by atoms with E-state index in [1.54, 1.807) is 11.0 Å². The van der Waals surface area contributed by atoms with Gasteiger partial charge in [-0.2, -0.15) is 0 Å². The molecule has 1 saturated carbocycles. The Morgan fingerprint density at radius 1 is 1.02 bits per heavy atom. The molecule has 0 radical (unpaired) electrons. The molecule has 3 heterocycles. The van der Waals surface area contributed by atoms with Gasteiger partial charge in [-0.05, 0) is 72.4 Å².